The predicted molar refractivity (Wildman–Crippen MR) is 85.4 cm³/mol. The van der Waals surface area contributed by atoms with Gasteiger partial charge in [0.15, 0.2) is 0 Å². The Morgan fingerprint density at radius 1 is 1.30 bits per heavy atom. The highest BCUT2D eigenvalue weighted by Crippen LogP contribution is 2.39. The summed E-state index contributed by atoms with van der Waals surface area (Å²) in [5, 5.41) is 12.1. The van der Waals surface area contributed by atoms with Crippen LogP contribution in [-0.4, -0.2) is 35.2 Å². The topological polar surface area (TPSA) is 75.6 Å². The average molecular weight is 317 g/mol. The summed E-state index contributed by atoms with van der Waals surface area (Å²) in [4.78, 5) is 23.3. The fourth-order valence-corrected chi connectivity index (χ4v) is 3.80. The molecule has 2 N–H and O–H groups in total. The molecule has 2 aliphatic rings. The Hall–Kier alpha value is -1.88. The van der Waals surface area contributed by atoms with Crippen LogP contribution in [0.1, 0.15) is 54.4 Å². The standard InChI is InChI=1S/C18H23NO4/c20-16(11-13-4-3-5-14(10-13)17(21)22)19-15-6-9-23-18(12-15)7-1-2-8-18/h3-5,10,15H,1-2,6-9,11-12H2,(H,19,20)(H,21,22). The zero-order valence-corrected chi connectivity index (χ0v) is 13.2. The van der Waals surface area contributed by atoms with E-state index in [2.05, 4.69) is 5.32 Å². The molecule has 1 atom stereocenters. The Morgan fingerprint density at radius 3 is 2.83 bits per heavy atom. The van der Waals surface area contributed by atoms with Crippen LogP contribution in [0.2, 0.25) is 0 Å². The lowest BCUT2D eigenvalue weighted by Crippen LogP contribution is -2.47. The maximum Gasteiger partial charge on any atom is 0.335 e. The minimum atomic E-state index is -0.972. The van der Waals surface area contributed by atoms with Crippen LogP contribution < -0.4 is 5.32 Å². The number of carbonyl (C=O) groups is 2. The summed E-state index contributed by atoms with van der Waals surface area (Å²) in [5.41, 5.74) is 0.927. The van der Waals surface area contributed by atoms with Gasteiger partial charge in [-0.1, -0.05) is 25.0 Å². The average Bonchev–Trinajstić information content (AvgIpc) is 2.95. The van der Waals surface area contributed by atoms with E-state index in [1.54, 1.807) is 18.2 Å². The van der Waals surface area contributed by atoms with Gasteiger partial charge in [-0.25, -0.2) is 4.79 Å². The molecule has 1 unspecified atom stereocenters. The molecule has 1 aliphatic carbocycles. The van der Waals surface area contributed by atoms with E-state index in [1.807, 2.05) is 0 Å². The van der Waals surface area contributed by atoms with Crippen molar-refractivity contribution in [3.05, 3.63) is 35.4 Å². The largest absolute Gasteiger partial charge is 0.478 e. The maximum absolute atomic E-state index is 12.3. The van der Waals surface area contributed by atoms with Gasteiger partial charge < -0.3 is 15.2 Å². The minimum absolute atomic E-state index is 0.0145. The predicted octanol–water partition coefficient (Wildman–Crippen LogP) is 2.54. The summed E-state index contributed by atoms with van der Waals surface area (Å²) in [5.74, 6) is -1.02. The van der Waals surface area contributed by atoms with Crippen LogP contribution in [0.4, 0.5) is 0 Å². The van der Waals surface area contributed by atoms with E-state index in [4.69, 9.17) is 9.84 Å². The van der Waals surface area contributed by atoms with Crippen LogP contribution in [0, 0.1) is 0 Å². The zero-order valence-electron chi connectivity index (χ0n) is 13.2. The van der Waals surface area contributed by atoms with Gasteiger partial charge in [-0.15, -0.1) is 0 Å². The Bertz CT molecular complexity index is 592. The van der Waals surface area contributed by atoms with Crippen molar-refractivity contribution in [2.75, 3.05) is 6.61 Å². The molecule has 1 aromatic carbocycles. The molecule has 1 saturated carbocycles. The first-order valence-electron chi connectivity index (χ1n) is 8.32. The number of amides is 1. The SMILES string of the molecule is O=C(Cc1cccc(C(=O)O)c1)NC1CCOC2(CCCC2)C1. The van der Waals surface area contributed by atoms with E-state index >= 15 is 0 Å². The Kier molecular flexibility index (Phi) is 4.66. The van der Waals surface area contributed by atoms with Crippen molar-refractivity contribution in [1.82, 2.24) is 5.32 Å². The van der Waals surface area contributed by atoms with E-state index in [9.17, 15) is 9.59 Å². The third-order valence-corrected chi connectivity index (χ3v) is 4.91. The van der Waals surface area contributed by atoms with Gasteiger partial charge in [0.05, 0.1) is 17.6 Å². The lowest BCUT2D eigenvalue weighted by Gasteiger charge is -2.38. The van der Waals surface area contributed by atoms with Gasteiger partial charge in [0.1, 0.15) is 0 Å². The number of carbonyl (C=O) groups excluding carboxylic acids is 1. The van der Waals surface area contributed by atoms with Gasteiger partial charge in [0.2, 0.25) is 5.91 Å². The highest BCUT2D eigenvalue weighted by molar-refractivity contribution is 5.88. The molecule has 0 bridgehead atoms. The molecule has 1 heterocycles. The molecule has 124 valence electrons. The molecular weight excluding hydrogens is 294 g/mol. The van der Waals surface area contributed by atoms with E-state index in [1.165, 1.54) is 18.9 Å². The molecule has 23 heavy (non-hydrogen) atoms. The fourth-order valence-electron chi connectivity index (χ4n) is 3.80. The van der Waals surface area contributed by atoms with Crippen LogP contribution in [0.15, 0.2) is 24.3 Å². The Labute approximate surface area is 136 Å². The normalized spacial score (nSPS) is 22.9. The van der Waals surface area contributed by atoms with Crippen LogP contribution in [0.3, 0.4) is 0 Å². The Balaban J connectivity index is 1.57. The number of rotatable bonds is 4. The number of carboxylic acid groups (broad SMARTS) is 1. The number of benzene rings is 1. The Morgan fingerprint density at radius 2 is 2.09 bits per heavy atom. The van der Waals surface area contributed by atoms with Crippen molar-refractivity contribution in [3.63, 3.8) is 0 Å². The van der Waals surface area contributed by atoms with Crippen LogP contribution in [0.25, 0.3) is 0 Å². The van der Waals surface area contributed by atoms with E-state index in [0.717, 1.165) is 31.2 Å². The summed E-state index contributed by atoms with van der Waals surface area (Å²) in [6.45, 7) is 0.708. The third kappa shape index (κ3) is 3.91. The maximum atomic E-state index is 12.3. The number of ether oxygens (including phenoxy) is 1. The summed E-state index contributed by atoms with van der Waals surface area (Å²) in [6.07, 6.45) is 6.58. The molecule has 1 amide bonds. The van der Waals surface area contributed by atoms with E-state index < -0.39 is 5.97 Å². The zero-order chi connectivity index (χ0) is 16.3. The fraction of sp³-hybridized carbons (Fsp3) is 0.556. The van der Waals surface area contributed by atoms with Gasteiger partial charge in [0, 0.05) is 12.6 Å². The molecule has 3 rings (SSSR count). The van der Waals surface area contributed by atoms with Crippen molar-refractivity contribution in [2.24, 2.45) is 0 Å². The summed E-state index contributed by atoms with van der Waals surface area (Å²) in [7, 11) is 0. The molecule has 1 aromatic rings. The second-order valence-electron chi connectivity index (χ2n) is 6.68. The van der Waals surface area contributed by atoms with Crippen molar-refractivity contribution < 1.29 is 19.4 Å². The highest BCUT2D eigenvalue weighted by atomic mass is 16.5. The second kappa shape index (κ2) is 6.71. The number of nitrogens with one attached hydrogen (secondary N) is 1. The highest BCUT2D eigenvalue weighted by Gasteiger charge is 2.40. The summed E-state index contributed by atoms with van der Waals surface area (Å²) in [6, 6.07) is 6.72. The third-order valence-electron chi connectivity index (χ3n) is 4.91. The first-order chi connectivity index (χ1) is 11.1. The van der Waals surface area contributed by atoms with Crippen molar-refractivity contribution in [2.45, 2.75) is 56.6 Å². The molecule has 1 saturated heterocycles. The molecule has 1 spiro atoms. The number of carboxylic acids is 1. The molecule has 5 nitrogen and oxygen atoms in total. The van der Waals surface area contributed by atoms with Crippen LogP contribution in [0.5, 0.6) is 0 Å². The van der Waals surface area contributed by atoms with Crippen molar-refractivity contribution >= 4 is 11.9 Å². The molecule has 1 aliphatic heterocycles. The van der Waals surface area contributed by atoms with Gasteiger partial charge in [-0.05, 0) is 43.4 Å². The lowest BCUT2D eigenvalue weighted by molar-refractivity contribution is -0.124. The molecular formula is C18H23NO4. The van der Waals surface area contributed by atoms with Gasteiger partial charge in [-0.2, -0.15) is 0 Å². The summed E-state index contributed by atoms with van der Waals surface area (Å²) < 4.78 is 5.98. The minimum Gasteiger partial charge on any atom is -0.478 e. The van der Waals surface area contributed by atoms with E-state index in [0.29, 0.717) is 6.61 Å². The van der Waals surface area contributed by atoms with E-state index in [-0.39, 0.29) is 29.5 Å². The second-order valence-corrected chi connectivity index (χ2v) is 6.68. The molecule has 5 heteroatoms. The lowest BCUT2D eigenvalue weighted by atomic mass is 9.89. The summed E-state index contributed by atoms with van der Waals surface area (Å²) >= 11 is 0. The van der Waals surface area contributed by atoms with Gasteiger partial charge >= 0.3 is 5.97 Å². The number of hydrogen-bond acceptors (Lipinski definition) is 3. The van der Waals surface area contributed by atoms with Crippen LogP contribution >= 0.6 is 0 Å². The first kappa shape index (κ1) is 16.0. The monoisotopic (exact) mass is 317 g/mol. The number of aromatic carboxylic acids is 1. The number of hydrogen-bond donors (Lipinski definition) is 2. The van der Waals surface area contributed by atoms with Crippen LogP contribution in [-0.2, 0) is 16.0 Å². The molecule has 0 aromatic heterocycles. The molecule has 0 radical (unpaired) electrons. The quantitative estimate of drug-likeness (QED) is 0.895. The van der Waals surface area contributed by atoms with Gasteiger partial charge in [0.25, 0.3) is 0 Å². The first-order valence-corrected chi connectivity index (χ1v) is 8.32. The smallest absolute Gasteiger partial charge is 0.335 e. The molecule has 2 fully saturated rings. The van der Waals surface area contributed by atoms with Crippen molar-refractivity contribution in [3.8, 4) is 0 Å². The van der Waals surface area contributed by atoms with Gasteiger partial charge in [-0.3, -0.25) is 4.79 Å². The van der Waals surface area contributed by atoms with Crippen molar-refractivity contribution in [1.29, 1.82) is 0 Å².